The summed E-state index contributed by atoms with van der Waals surface area (Å²) in [6.07, 6.45) is 1.17. The lowest BCUT2D eigenvalue weighted by atomic mass is 10.0. The summed E-state index contributed by atoms with van der Waals surface area (Å²) in [6.45, 7) is 15.1. The fraction of sp³-hybridized carbons (Fsp3) is 0.938. The van der Waals surface area contributed by atoms with Crippen molar-refractivity contribution >= 4 is 5.96 Å². The molecule has 1 saturated heterocycles. The molecule has 20 heavy (non-hydrogen) atoms. The van der Waals surface area contributed by atoms with E-state index in [-0.39, 0.29) is 0 Å². The van der Waals surface area contributed by atoms with Gasteiger partial charge >= 0.3 is 0 Å². The molecular formula is C16H31N3O. The lowest BCUT2D eigenvalue weighted by molar-refractivity contribution is 0.181. The average molecular weight is 281 g/mol. The molecule has 1 unspecified atom stereocenters. The van der Waals surface area contributed by atoms with Crippen LogP contribution in [-0.2, 0) is 4.74 Å². The predicted octanol–water partition coefficient (Wildman–Crippen LogP) is 2.35. The number of aliphatic imine (C=N–C) groups is 1. The normalized spacial score (nSPS) is 28.5. The molecule has 4 heteroatoms. The zero-order valence-electron chi connectivity index (χ0n) is 14.0. The van der Waals surface area contributed by atoms with Crippen LogP contribution in [0.5, 0.6) is 0 Å². The van der Waals surface area contributed by atoms with Crippen LogP contribution in [0.2, 0.25) is 0 Å². The maximum atomic E-state index is 5.47. The molecule has 0 bridgehead atoms. The number of nitrogens with zero attached hydrogens (tertiary/aromatic N) is 2. The van der Waals surface area contributed by atoms with Crippen LogP contribution < -0.4 is 5.32 Å². The number of hydrogen-bond donors (Lipinski definition) is 1. The molecule has 2 rings (SSSR count). The summed E-state index contributed by atoms with van der Waals surface area (Å²) in [7, 11) is 2.14. The van der Waals surface area contributed by atoms with E-state index < -0.39 is 0 Å². The maximum Gasteiger partial charge on any atom is 0.193 e. The molecule has 2 aliphatic rings. The standard InChI is InChI=1S/C16H31N3O/c1-7-17-14(18-13-15(2,3)16(13,4)5)19(6)10-12-8-9-20-11-12/h12-13H,7-11H2,1-6H3,(H,17,18). The van der Waals surface area contributed by atoms with Crippen molar-refractivity contribution in [3.05, 3.63) is 0 Å². The smallest absolute Gasteiger partial charge is 0.193 e. The summed E-state index contributed by atoms with van der Waals surface area (Å²) in [6, 6.07) is 0.502. The van der Waals surface area contributed by atoms with Crippen molar-refractivity contribution in [2.45, 2.75) is 47.1 Å². The highest BCUT2D eigenvalue weighted by Crippen LogP contribution is 2.62. The Balaban J connectivity index is 1.95. The number of hydrogen-bond acceptors (Lipinski definition) is 2. The largest absolute Gasteiger partial charge is 0.381 e. The first-order valence-electron chi connectivity index (χ1n) is 7.90. The van der Waals surface area contributed by atoms with Crippen LogP contribution >= 0.6 is 0 Å². The highest BCUT2D eigenvalue weighted by atomic mass is 16.5. The summed E-state index contributed by atoms with van der Waals surface area (Å²) < 4.78 is 5.47. The fourth-order valence-corrected chi connectivity index (χ4v) is 3.31. The second-order valence-electron chi connectivity index (χ2n) is 7.43. The van der Waals surface area contributed by atoms with E-state index in [0.29, 0.717) is 22.8 Å². The second-order valence-corrected chi connectivity index (χ2v) is 7.43. The Labute approximate surface area is 124 Å². The van der Waals surface area contributed by atoms with Gasteiger partial charge in [0.15, 0.2) is 5.96 Å². The van der Waals surface area contributed by atoms with Crippen LogP contribution in [-0.4, -0.2) is 50.3 Å². The van der Waals surface area contributed by atoms with E-state index in [9.17, 15) is 0 Å². The molecule has 2 fully saturated rings. The minimum absolute atomic E-state index is 0.332. The van der Waals surface area contributed by atoms with Crippen LogP contribution in [0, 0.1) is 16.7 Å². The van der Waals surface area contributed by atoms with Gasteiger partial charge in [-0.25, -0.2) is 0 Å². The molecule has 1 N–H and O–H groups in total. The Kier molecular flexibility index (Phi) is 4.33. The SMILES string of the molecule is CCN=C(NC1C(C)(C)C1(C)C)N(C)CC1CCOC1. The first kappa shape index (κ1) is 15.6. The molecule has 1 atom stereocenters. The van der Waals surface area contributed by atoms with E-state index in [1.165, 1.54) is 6.42 Å². The van der Waals surface area contributed by atoms with E-state index in [2.05, 4.69) is 56.9 Å². The number of ether oxygens (including phenoxy) is 1. The zero-order valence-corrected chi connectivity index (χ0v) is 14.0. The quantitative estimate of drug-likeness (QED) is 0.635. The topological polar surface area (TPSA) is 36.9 Å². The molecule has 0 aromatic carbocycles. The molecular weight excluding hydrogens is 250 g/mol. The van der Waals surface area contributed by atoms with Gasteiger partial charge in [0, 0.05) is 38.7 Å². The minimum Gasteiger partial charge on any atom is -0.381 e. The van der Waals surface area contributed by atoms with Gasteiger partial charge in [-0.1, -0.05) is 27.7 Å². The minimum atomic E-state index is 0.332. The molecule has 0 aromatic heterocycles. The van der Waals surface area contributed by atoms with Crippen molar-refractivity contribution in [1.82, 2.24) is 10.2 Å². The first-order chi connectivity index (χ1) is 9.30. The summed E-state index contributed by atoms with van der Waals surface area (Å²) in [5.41, 5.74) is 0.664. The van der Waals surface area contributed by atoms with Crippen LogP contribution in [0.3, 0.4) is 0 Å². The van der Waals surface area contributed by atoms with Crippen molar-refractivity contribution in [3.63, 3.8) is 0 Å². The van der Waals surface area contributed by atoms with Gasteiger partial charge in [-0.15, -0.1) is 0 Å². The first-order valence-corrected chi connectivity index (χ1v) is 7.90. The fourth-order valence-electron chi connectivity index (χ4n) is 3.31. The molecule has 1 aliphatic heterocycles. The van der Waals surface area contributed by atoms with Crippen molar-refractivity contribution in [1.29, 1.82) is 0 Å². The van der Waals surface area contributed by atoms with Crippen LogP contribution in [0.25, 0.3) is 0 Å². The number of nitrogens with one attached hydrogen (secondary N) is 1. The van der Waals surface area contributed by atoms with Crippen LogP contribution in [0.4, 0.5) is 0 Å². The molecule has 116 valence electrons. The molecule has 0 spiro atoms. The number of rotatable bonds is 4. The monoisotopic (exact) mass is 281 g/mol. The Bertz CT molecular complexity index is 356. The lowest BCUT2D eigenvalue weighted by Gasteiger charge is -2.25. The van der Waals surface area contributed by atoms with Gasteiger partial charge < -0.3 is 15.0 Å². The third kappa shape index (κ3) is 2.80. The van der Waals surface area contributed by atoms with Gasteiger partial charge in [0.2, 0.25) is 0 Å². The van der Waals surface area contributed by atoms with Crippen molar-refractivity contribution in [2.24, 2.45) is 21.7 Å². The summed E-state index contributed by atoms with van der Waals surface area (Å²) in [5, 5.41) is 3.68. The molecule has 0 radical (unpaired) electrons. The van der Waals surface area contributed by atoms with Crippen LogP contribution in [0.1, 0.15) is 41.0 Å². The van der Waals surface area contributed by atoms with E-state index in [1.807, 2.05) is 0 Å². The van der Waals surface area contributed by atoms with E-state index in [0.717, 1.165) is 32.3 Å². The molecule has 1 heterocycles. The predicted molar refractivity (Wildman–Crippen MR) is 84.0 cm³/mol. The molecule has 1 saturated carbocycles. The maximum absolute atomic E-state index is 5.47. The molecule has 1 aliphatic carbocycles. The third-order valence-corrected chi connectivity index (χ3v) is 5.52. The highest BCUT2D eigenvalue weighted by molar-refractivity contribution is 5.80. The van der Waals surface area contributed by atoms with E-state index in [4.69, 9.17) is 4.74 Å². The van der Waals surface area contributed by atoms with Gasteiger partial charge in [-0.3, -0.25) is 4.99 Å². The Morgan fingerprint density at radius 1 is 1.30 bits per heavy atom. The van der Waals surface area contributed by atoms with Gasteiger partial charge in [-0.2, -0.15) is 0 Å². The molecule has 0 amide bonds. The Morgan fingerprint density at radius 2 is 1.95 bits per heavy atom. The molecule has 0 aromatic rings. The summed E-state index contributed by atoms with van der Waals surface area (Å²) >= 11 is 0. The van der Waals surface area contributed by atoms with Crippen molar-refractivity contribution in [3.8, 4) is 0 Å². The average Bonchev–Trinajstić information content (AvgIpc) is 2.78. The van der Waals surface area contributed by atoms with E-state index >= 15 is 0 Å². The number of guanidine groups is 1. The summed E-state index contributed by atoms with van der Waals surface area (Å²) in [5.74, 6) is 1.69. The van der Waals surface area contributed by atoms with Crippen LogP contribution in [0.15, 0.2) is 4.99 Å². The third-order valence-electron chi connectivity index (χ3n) is 5.52. The van der Waals surface area contributed by atoms with Crippen molar-refractivity contribution in [2.75, 3.05) is 33.4 Å². The summed E-state index contributed by atoms with van der Waals surface area (Å²) in [4.78, 5) is 6.94. The van der Waals surface area contributed by atoms with Gasteiger partial charge in [0.05, 0.1) is 6.61 Å². The Hall–Kier alpha value is -0.770. The second kappa shape index (κ2) is 5.55. The van der Waals surface area contributed by atoms with Gasteiger partial charge in [0.25, 0.3) is 0 Å². The van der Waals surface area contributed by atoms with Gasteiger partial charge in [0.1, 0.15) is 0 Å². The van der Waals surface area contributed by atoms with E-state index in [1.54, 1.807) is 0 Å². The zero-order chi connectivity index (χ0) is 15.0. The highest BCUT2D eigenvalue weighted by Gasteiger charge is 2.65. The van der Waals surface area contributed by atoms with Crippen molar-refractivity contribution < 1.29 is 4.74 Å². The molecule has 4 nitrogen and oxygen atoms in total. The lowest BCUT2D eigenvalue weighted by Crippen LogP contribution is -2.44. The van der Waals surface area contributed by atoms with Gasteiger partial charge in [-0.05, 0) is 24.2 Å². The Morgan fingerprint density at radius 3 is 2.40 bits per heavy atom.